The summed E-state index contributed by atoms with van der Waals surface area (Å²) in [5.74, 6) is 1.64. The van der Waals surface area contributed by atoms with Crippen LogP contribution in [0.5, 0.6) is 11.5 Å². The predicted molar refractivity (Wildman–Crippen MR) is 94.0 cm³/mol. The fraction of sp³-hybridized carbons (Fsp3) is 0.125. The largest absolute Gasteiger partial charge is 0.493 e. The normalized spacial score (nSPS) is 11.4. The van der Waals surface area contributed by atoms with E-state index < -0.39 is 7.60 Å². The smallest absolute Gasteiger partial charge is 0.356 e. The minimum absolute atomic E-state index is 0.0444. The first-order valence-electron chi connectivity index (χ1n) is 7.22. The quantitative estimate of drug-likeness (QED) is 0.593. The maximum absolute atomic E-state index is 11.2. The molecule has 0 spiro atoms. The summed E-state index contributed by atoms with van der Waals surface area (Å²) >= 11 is 0. The van der Waals surface area contributed by atoms with Crippen molar-refractivity contribution in [2.24, 2.45) is 0 Å². The van der Waals surface area contributed by atoms with Crippen LogP contribution < -0.4 is 20.1 Å². The molecule has 8 nitrogen and oxygen atoms in total. The van der Waals surface area contributed by atoms with Gasteiger partial charge in [-0.1, -0.05) is 0 Å². The molecule has 2 aromatic carbocycles. The molecule has 0 aliphatic carbocycles. The number of hydrogen-bond acceptors (Lipinski definition) is 6. The Balaban J connectivity index is 2.00. The highest BCUT2D eigenvalue weighted by Crippen LogP contribution is 2.35. The molecule has 0 fully saturated rings. The highest BCUT2D eigenvalue weighted by atomic mass is 31.2. The summed E-state index contributed by atoms with van der Waals surface area (Å²) in [7, 11) is -1.17. The molecule has 0 aliphatic heterocycles. The van der Waals surface area contributed by atoms with E-state index in [1.165, 1.54) is 18.5 Å². The van der Waals surface area contributed by atoms with Gasteiger partial charge in [0, 0.05) is 17.1 Å². The number of nitrogens with zero attached hydrogens (tertiary/aromatic N) is 2. The molecule has 1 heterocycles. The van der Waals surface area contributed by atoms with Crippen LogP contribution in [0.3, 0.4) is 0 Å². The molecule has 130 valence electrons. The second-order valence-electron chi connectivity index (χ2n) is 5.16. The van der Waals surface area contributed by atoms with Crippen molar-refractivity contribution in [1.82, 2.24) is 9.97 Å². The minimum Gasteiger partial charge on any atom is -0.493 e. The van der Waals surface area contributed by atoms with E-state index in [9.17, 15) is 4.57 Å². The molecule has 0 atom stereocenters. The van der Waals surface area contributed by atoms with Crippen LogP contribution in [0.1, 0.15) is 0 Å². The molecule has 0 bridgehead atoms. The van der Waals surface area contributed by atoms with Crippen LogP contribution in [0.2, 0.25) is 0 Å². The van der Waals surface area contributed by atoms with Crippen LogP contribution in [0.25, 0.3) is 10.9 Å². The first-order valence-corrected chi connectivity index (χ1v) is 8.83. The lowest BCUT2D eigenvalue weighted by atomic mass is 10.2. The molecule has 3 aromatic rings. The molecule has 0 saturated carbocycles. The van der Waals surface area contributed by atoms with E-state index in [4.69, 9.17) is 19.3 Å². The van der Waals surface area contributed by atoms with Gasteiger partial charge in [0.05, 0.1) is 25.0 Å². The van der Waals surface area contributed by atoms with Gasteiger partial charge in [-0.3, -0.25) is 4.57 Å². The van der Waals surface area contributed by atoms with E-state index >= 15 is 0 Å². The Morgan fingerprint density at radius 1 is 1.00 bits per heavy atom. The topological polar surface area (TPSA) is 114 Å². The van der Waals surface area contributed by atoms with Crippen LogP contribution in [0, 0.1) is 0 Å². The Labute approximate surface area is 143 Å². The highest BCUT2D eigenvalue weighted by Gasteiger charge is 2.16. The molecular weight excluding hydrogens is 345 g/mol. The molecule has 0 radical (unpaired) electrons. The van der Waals surface area contributed by atoms with Crippen LogP contribution in [-0.2, 0) is 4.57 Å². The third-order valence-corrected chi connectivity index (χ3v) is 4.58. The van der Waals surface area contributed by atoms with Gasteiger partial charge in [0.15, 0.2) is 11.5 Å². The zero-order chi connectivity index (χ0) is 18.0. The fourth-order valence-corrected chi connectivity index (χ4v) is 2.90. The lowest BCUT2D eigenvalue weighted by Gasteiger charge is -2.12. The maximum atomic E-state index is 11.2. The summed E-state index contributed by atoms with van der Waals surface area (Å²) in [5.41, 5.74) is 1.30. The van der Waals surface area contributed by atoms with Crippen molar-refractivity contribution in [3.8, 4) is 11.5 Å². The molecule has 3 rings (SSSR count). The number of aromatic nitrogens is 2. The average molecular weight is 361 g/mol. The van der Waals surface area contributed by atoms with Gasteiger partial charge in [0.2, 0.25) is 0 Å². The molecule has 0 amide bonds. The Bertz CT molecular complexity index is 956. The summed E-state index contributed by atoms with van der Waals surface area (Å²) < 4.78 is 21.8. The van der Waals surface area contributed by atoms with Crippen molar-refractivity contribution in [3.63, 3.8) is 0 Å². The number of benzene rings is 2. The van der Waals surface area contributed by atoms with E-state index in [1.807, 2.05) is 0 Å². The summed E-state index contributed by atoms with van der Waals surface area (Å²) in [4.78, 5) is 26.8. The standard InChI is InChI=1S/C16H16N3O5P/c1-23-14-7-12-13(8-15(14)24-2)17-9-18-16(12)19-10-3-5-11(6-4-10)25(20,21)22/h3-9H,1-2H3,(H,17,18,19)(H2,20,21,22). The zero-order valence-corrected chi connectivity index (χ0v) is 14.4. The van der Waals surface area contributed by atoms with Crippen LogP contribution in [-0.4, -0.2) is 34.0 Å². The fourth-order valence-electron chi connectivity index (χ4n) is 2.36. The Morgan fingerprint density at radius 3 is 2.24 bits per heavy atom. The summed E-state index contributed by atoms with van der Waals surface area (Å²) in [6.07, 6.45) is 1.42. The third kappa shape index (κ3) is 3.56. The van der Waals surface area contributed by atoms with Crippen molar-refractivity contribution >= 4 is 35.3 Å². The number of nitrogens with one attached hydrogen (secondary N) is 1. The number of anilines is 2. The molecule has 3 N–H and O–H groups in total. The summed E-state index contributed by atoms with van der Waals surface area (Å²) in [6.45, 7) is 0. The zero-order valence-electron chi connectivity index (χ0n) is 13.5. The predicted octanol–water partition coefficient (Wildman–Crippen LogP) is 2.19. The monoisotopic (exact) mass is 361 g/mol. The number of rotatable bonds is 5. The minimum atomic E-state index is -4.26. The molecule has 9 heteroatoms. The molecule has 0 unspecified atom stereocenters. The van der Waals surface area contributed by atoms with Gasteiger partial charge in [-0.2, -0.15) is 0 Å². The summed E-state index contributed by atoms with van der Waals surface area (Å²) in [5, 5.41) is 3.79. The van der Waals surface area contributed by atoms with Crippen molar-refractivity contribution in [2.45, 2.75) is 0 Å². The Morgan fingerprint density at radius 2 is 1.64 bits per heavy atom. The lowest BCUT2D eigenvalue weighted by Crippen LogP contribution is -2.04. The lowest BCUT2D eigenvalue weighted by molar-refractivity contribution is 0.356. The van der Waals surface area contributed by atoms with Crippen molar-refractivity contribution in [2.75, 3.05) is 19.5 Å². The molecular formula is C16H16N3O5P. The first-order chi connectivity index (χ1) is 11.9. The first kappa shape index (κ1) is 17.2. The van der Waals surface area contributed by atoms with E-state index in [1.54, 1.807) is 38.5 Å². The second kappa shape index (κ2) is 6.68. The van der Waals surface area contributed by atoms with Crippen molar-refractivity contribution in [1.29, 1.82) is 0 Å². The molecule has 25 heavy (non-hydrogen) atoms. The Hall–Kier alpha value is -2.67. The summed E-state index contributed by atoms with van der Waals surface area (Å²) in [6, 6.07) is 9.40. The van der Waals surface area contributed by atoms with E-state index in [-0.39, 0.29) is 5.30 Å². The highest BCUT2D eigenvalue weighted by molar-refractivity contribution is 7.60. The molecule has 0 saturated heterocycles. The van der Waals surface area contributed by atoms with Crippen LogP contribution in [0.15, 0.2) is 42.7 Å². The van der Waals surface area contributed by atoms with E-state index in [0.29, 0.717) is 28.5 Å². The van der Waals surface area contributed by atoms with Gasteiger partial charge >= 0.3 is 7.60 Å². The van der Waals surface area contributed by atoms with E-state index in [2.05, 4.69) is 15.3 Å². The molecule has 1 aromatic heterocycles. The number of methoxy groups -OCH3 is 2. The second-order valence-corrected chi connectivity index (χ2v) is 6.77. The van der Waals surface area contributed by atoms with Crippen molar-refractivity contribution < 1.29 is 23.8 Å². The Kier molecular flexibility index (Phi) is 4.59. The van der Waals surface area contributed by atoms with E-state index in [0.717, 1.165) is 5.39 Å². The average Bonchev–Trinajstić information content (AvgIpc) is 2.60. The van der Waals surface area contributed by atoms with Gasteiger partial charge in [0.25, 0.3) is 0 Å². The number of hydrogen-bond donors (Lipinski definition) is 3. The molecule has 0 aliphatic rings. The van der Waals surface area contributed by atoms with Gasteiger partial charge in [0.1, 0.15) is 12.1 Å². The van der Waals surface area contributed by atoms with Gasteiger partial charge in [-0.25, -0.2) is 9.97 Å². The number of ether oxygens (including phenoxy) is 2. The SMILES string of the molecule is COc1cc2ncnc(Nc3ccc(P(=O)(O)O)cc3)c2cc1OC. The van der Waals surface area contributed by atoms with Gasteiger partial charge in [-0.05, 0) is 30.3 Å². The number of fused-ring (bicyclic) bond motifs is 1. The third-order valence-electron chi connectivity index (χ3n) is 3.61. The maximum Gasteiger partial charge on any atom is 0.356 e. The van der Waals surface area contributed by atoms with Gasteiger partial charge in [-0.15, -0.1) is 0 Å². The van der Waals surface area contributed by atoms with Crippen molar-refractivity contribution in [3.05, 3.63) is 42.7 Å². The van der Waals surface area contributed by atoms with Crippen LogP contribution in [0.4, 0.5) is 11.5 Å². The van der Waals surface area contributed by atoms with Crippen LogP contribution >= 0.6 is 7.60 Å². The van der Waals surface area contributed by atoms with Gasteiger partial charge < -0.3 is 24.6 Å².